The molecule has 6 nitrogen and oxygen atoms in total. The van der Waals surface area contributed by atoms with Gasteiger partial charge >= 0.3 is 0 Å². The third kappa shape index (κ3) is 5.41. The number of benzene rings is 1. The molecule has 1 aromatic rings. The molecule has 0 aromatic heterocycles. The molecule has 0 radical (unpaired) electrons. The maximum absolute atomic E-state index is 12.6. The van der Waals surface area contributed by atoms with Crippen molar-refractivity contribution in [1.29, 1.82) is 0 Å². The first-order valence-corrected chi connectivity index (χ1v) is 10.5. The van der Waals surface area contributed by atoms with Crippen LogP contribution in [0, 0.1) is 0 Å². The van der Waals surface area contributed by atoms with Crippen molar-refractivity contribution in [2.45, 2.75) is 38.1 Å². The minimum absolute atomic E-state index is 0.224. The van der Waals surface area contributed by atoms with E-state index >= 15 is 0 Å². The number of hydrogen-bond acceptors (Lipinski definition) is 5. The Labute approximate surface area is 152 Å². The second-order valence-corrected chi connectivity index (χ2v) is 8.73. The van der Waals surface area contributed by atoms with Crippen molar-refractivity contribution in [3.8, 4) is 5.75 Å². The summed E-state index contributed by atoms with van der Waals surface area (Å²) in [6, 6.07) is 6.54. The topological polar surface area (TPSA) is 61.9 Å². The third-order valence-electron chi connectivity index (χ3n) is 4.82. The number of sulfonamides is 1. The van der Waals surface area contributed by atoms with Gasteiger partial charge in [0.2, 0.25) is 10.0 Å². The molecule has 1 fully saturated rings. The summed E-state index contributed by atoms with van der Waals surface area (Å²) in [5.41, 5.74) is -0.224. The Morgan fingerprint density at radius 2 is 1.68 bits per heavy atom. The lowest BCUT2D eigenvalue weighted by molar-refractivity contribution is 0.0571. The summed E-state index contributed by atoms with van der Waals surface area (Å²) in [6.45, 7) is 14.3. The standard InChI is InChI=1S/C18H31N3O3S/c1-5-20-11-13-21(14-12-20)18(3,4)15-19-25(22,23)17-9-7-16(8-10-17)24-6-2/h7-10,19H,5-6,11-15H2,1-4H3. The van der Waals surface area contributed by atoms with E-state index in [1.807, 2.05) is 6.92 Å². The van der Waals surface area contributed by atoms with E-state index in [0.29, 0.717) is 18.9 Å². The van der Waals surface area contributed by atoms with Crippen molar-refractivity contribution in [1.82, 2.24) is 14.5 Å². The van der Waals surface area contributed by atoms with Gasteiger partial charge in [-0.3, -0.25) is 4.90 Å². The number of nitrogens with zero attached hydrogens (tertiary/aromatic N) is 2. The zero-order valence-corrected chi connectivity index (χ0v) is 16.6. The molecule has 1 aliphatic heterocycles. The van der Waals surface area contributed by atoms with Crippen molar-refractivity contribution in [3.63, 3.8) is 0 Å². The number of likely N-dealkylation sites (N-methyl/N-ethyl adjacent to an activating group) is 1. The molecule has 1 heterocycles. The SMILES string of the molecule is CCOc1ccc(S(=O)(=O)NCC(C)(C)N2CCN(CC)CC2)cc1. The van der Waals surface area contributed by atoms with E-state index in [4.69, 9.17) is 4.74 Å². The molecule has 0 spiro atoms. The van der Waals surface area contributed by atoms with E-state index in [1.165, 1.54) is 0 Å². The molecule has 1 aliphatic rings. The lowest BCUT2D eigenvalue weighted by Crippen LogP contribution is -2.58. The maximum Gasteiger partial charge on any atom is 0.240 e. The zero-order chi connectivity index (χ0) is 18.5. The molecule has 0 saturated carbocycles. The van der Waals surface area contributed by atoms with Gasteiger partial charge in [0.15, 0.2) is 0 Å². The largest absolute Gasteiger partial charge is 0.494 e. The van der Waals surface area contributed by atoms with Gasteiger partial charge in [-0.1, -0.05) is 6.92 Å². The Kier molecular flexibility index (Phi) is 6.85. The Bertz CT molecular complexity index is 636. The molecule has 0 atom stereocenters. The van der Waals surface area contributed by atoms with E-state index in [1.54, 1.807) is 24.3 Å². The smallest absolute Gasteiger partial charge is 0.240 e. The Hall–Kier alpha value is -1.15. The zero-order valence-electron chi connectivity index (χ0n) is 15.8. The fraction of sp³-hybridized carbons (Fsp3) is 0.667. The first-order valence-electron chi connectivity index (χ1n) is 8.98. The molecule has 0 amide bonds. The Morgan fingerprint density at radius 1 is 1.08 bits per heavy atom. The number of rotatable bonds is 8. The van der Waals surface area contributed by atoms with Gasteiger partial charge in [0, 0.05) is 38.3 Å². The molecule has 25 heavy (non-hydrogen) atoms. The van der Waals surface area contributed by atoms with Gasteiger partial charge in [-0.05, 0) is 51.6 Å². The van der Waals surface area contributed by atoms with Crippen LogP contribution >= 0.6 is 0 Å². The molecule has 1 N–H and O–H groups in total. The lowest BCUT2D eigenvalue weighted by Gasteiger charge is -2.44. The quantitative estimate of drug-likeness (QED) is 0.757. The Morgan fingerprint density at radius 3 is 2.20 bits per heavy atom. The van der Waals surface area contributed by atoms with Crippen molar-refractivity contribution in [2.24, 2.45) is 0 Å². The van der Waals surface area contributed by atoms with Gasteiger partial charge in [-0.25, -0.2) is 13.1 Å². The van der Waals surface area contributed by atoms with E-state index in [2.05, 4.69) is 35.3 Å². The fourth-order valence-corrected chi connectivity index (χ4v) is 4.22. The van der Waals surface area contributed by atoms with Crippen LogP contribution in [0.4, 0.5) is 0 Å². The van der Waals surface area contributed by atoms with Crippen LogP contribution in [0.15, 0.2) is 29.2 Å². The van der Waals surface area contributed by atoms with Gasteiger partial charge in [0.05, 0.1) is 11.5 Å². The minimum atomic E-state index is -3.52. The van der Waals surface area contributed by atoms with Crippen molar-refractivity contribution in [3.05, 3.63) is 24.3 Å². The van der Waals surface area contributed by atoms with Gasteiger partial charge in [0.25, 0.3) is 0 Å². The van der Waals surface area contributed by atoms with E-state index < -0.39 is 10.0 Å². The predicted octanol–water partition coefficient (Wildman–Crippen LogP) is 1.78. The first-order chi connectivity index (χ1) is 11.8. The molecule has 142 valence electrons. The van der Waals surface area contributed by atoms with Crippen molar-refractivity contribution < 1.29 is 13.2 Å². The summed E-state index contributed by atoms with van der Waals surface area (Å²) in [5.74, 6) is 0.676. The highest BCUT2D eigenvalue weighted by Crippen LogP contribution is 2.19. The molecule has 2 rings (SSSR count). The average Bonchev–Trinajstić information content (AvgIpc) is 2.61. The van der Waals surface area contributed by atoms with Gasteiger partial charge in [-0.2, -0.15) is 0 Å². The first kappa shape index (κ1) is 20.2. The molecule has 1 aromatic carbocycles. The Balaban J connectivity index is 1.96. The summed E-state index contributed by atoms with van der Waals surface area (Å²) in [6.07, 6.45) is 0. The molecule has 7 heteroatoms. The highest BCUT2D eigenvalue weighted by molar-refractivity contribution is 7.89. The number of ether oxygens (including phenoxy) is 1. The lowest BCUT2D eigenvalue weighted by atomic mass is 10.0. The van der Waals surface area contributed by atoms with Crippen LogP contribution in [0.2, 0.25) is 0 Å². The van der Waals surface area contributed by atoms with Crippen LogP contribution in [0.5, 0.6) is 5.75 Å². The minimum Gasteiger partial charge on any atom is -0.494 e. The molecular weight excluding hydrogens is 338 g/mol. The third-order valence-corrected chi connectivity index (χ3v) is 6.23. The van der Waals surface area contributed by atoms with Crippen LogP contribution in [0.1, 0.15) is 27.7 Å². The fourth-order valence-electron chi connectivity index (χ4n) is 3.02. The summed E-state index contributed by atoms with van der Waals surface area (Å²) in [5, 5.41) is 0. The monoisotopic (exact) mass is 369 g/mol. The van der Waals surface area contributed by atoms with Crippen LogP contribution in [-0.2, 0) is 10.0 Å². The second-order valence-electron chi connectivity index (χ2n) is 6.96. The van der Waals surface area contributed by atoms with E-state index in [0.717, 1.165) is 32.7 Å². The van der Waals surface area contributed by atoms with E-state index in [9.17, 15) is 8.42 Å². The second kappa shape index (κ2) is 8.49. The van der Waals surface area contributed by atoms with Gasteiger partial charge in [-0.15, -0.1) is 0 Å². The number of piperazine rings is 1. The van der Waals surface area contributed by atoms with Crippen LogP contribution in [-0.4, -0.2) is 69.6 Å². The average molecular weight is 370 g/mol. The number of nitrogens with one attached hydrogen (secondary N) is 1. The summed E-state index contributed by atoms with van der Waals surface area (Å²) in [7, 11) is -3.52. The van der Waals surface area contributed by atoms with Gasteiger partial charge < -0.3 is 9.64 Å². The van der Waals surface area contributed by atoms with Crippen LogP contribution in [0.25, 0.3) is 0 Å². The molecule has 0 unspecified atom stereocenters. The summed E-state index contributed by atoms with van der Waals surface area (Å²) < 4.78 is 33.2. The normalized spacial score (nSPS) is 17.6. The predicted molar refractivity (Wildman–Crippen MR) is 101 cm³/mol. The van der Waals surface area contributed by atoms with E-state index in [-0.39, 0.29) is 10.4 Å². The number of hydrogen-bond donors (Lipinski definition) is 1. The highest BCUT2D eigenvalue weighted by Gasteiger charge is 2.31. The molecule has 1 saturated heterocycles. The van der Waals surface area contributed by atoms with Gasteiger partial charge in [0.1, 0.15) is 5.75 Å². The molecule has 0 bridgehead atoms. The highest BCUT2D eigenvalue weighted by atomic mass is 32.2. The van der Waals surface area contributed by atoms with Crippen molar-refractivity contribution in [2.75, 3.05) is 45.9 Å². The van der Waals surface area contributed by atoms with Crippen molar-refractivity contribution >= 4 is 10.0 Å². The summed E-state index contributed by atoms with van der Waals surface area (Å²) >= 11 is 0. The molecule has 0 aliphatic carbocycles. The maximum atomic E-state index is 12.6. The molecular formula is C18H31N3O3S. The van der Waals surface area contributed by atoms with Crippen LogP contribution < -0.4 is 9.46 Å². The van der Waals surface area contributed by atoms with Crippen LogP contribution in [0.3, 0.4) is 0 Å². The summed E-state index contributed by atoms with van der Waals surface area (Å²) in [4.78, 5) is 5.04.